The molecule has 1 heterocycles. The zero-order valence-corrected chi connectivity index (χ0v) is 14.7. The van der Waals surface area contributed by atoms with Crippen LogP contribution in [0.4, 0.5) is 0 Å². The van der Waals surface area contributed by atoms with Gasteiger partial charge in [0, 0.05) is 38.3 Å². The molecule has 0 aliphatic carbocycles. The first-order valence-electron chi connectivity index (χ1n) is 7.01. The van der Waals surface area contributed by atoms with Gasteiger partial charge >= 0.3 is 13.6 Å². The fourth-order valence-corrected chi connectivity index (χ4v) is 3.51. The second kappa shape index (κ2) is 7.13. The predicted octanol–water partition coefficient (Wildman–Crippen LogP) is 3.30. The Morgan fingerprint density at radius 3 is 2.29 bits per heavy atom. The van der Waals surface area contributed by atoms with Gasteiger partial charge in [0.1, 0.15) is 5.31 Å². The maximum atomic E-state index is 12.6. The average molecular weight is 351 g/mol. The van der Waals surface area contributed by atoms with Crippen molar-refractivity contribution in [3.05, 3.63) is 41.3 Å². The molecule has 0 aliphatic heterocycles. The SMILES string of the molecule is COC(=O)/C(=C\c1cn(C(C)=O)c2ccccc12)P(=O)(OC)OC. The zero-order valence-electron chi connectivity index (χ0n) is 13.8. The highest BCUT2D eigenvalue weighted by atomic mass is 31.2. The summed E-state index contributed by atoms with van der Waals surface area (Å²) in [6.45, 7) is 1.43. The van der Waals surface area contributed by atoms with Crippen molar-refractivity contribution in [2.24, 2.45) is 0 Å². The molecule has 24 heavy (non-hydrogen) atoms. The van der Waals surface area contributed by atoms with Gasteiger partial charge in [0.15, 0.2) is 0 Å². The van der Waals surface area contributed by atoms with E-state index in [1.807, 2.05) is 0 Å². The van der Waals surface area contributed by atoms with Crippen LogP contribution in [0.1, 0.15) is 17.3 Å². The van der Waals surface area contributed by atoms with E-state index in [9.17, 15) is 14.2 Å². The summed E-state index contributed by atoms with van der Waals surface area (Å²) < 4.78 is 28.6. The zero-order chi connectivity index (χ0) is 17.9. The van der Waals surface area contributed by atoms with E-state index < -0.39 is 13.6 Å². The van der Waals surface area contributed by atoms with Crippen molar-refractivity contribution in [1.82, 2.24) is 4.57 Å². The third kappa shape index (κ3) is 3.19. The maximum Gasteiger partial charge on any atom is 0.368 e. The summed E-state index contributed by atoms with van der Waals surface area (Å²) in [4.78, 5) is 23.9. The van der Waals surface area contributed by atoms with Crippen LogP contribution >= 0.6 is 7.60 Å². The quantitative estimate of drug-likeness (QED) is 0.467. The van der Waals surface area contributed by atoms with E-state index in [1.54, 1.807) is 30.5 Å². The van der Waals surface area contributed by atoms with E-state index in [-0.39, 0.29) is 11.2 Å². The minimum atomic E-state index is -3.83. The number of benzene rings is 1. The summed E-state index contributed by atoms with van der Waals surface area (Å²) in [6, 6.07) is 7.16. The highest BCUT2D eigenvalue weighted by Gasteiger charge is 2.34. The van der Waals surface area contributed by atoms with Crippen LogP contribution < -0.4 is 0 Å². The van der Waals surface area contributed by atoms with Gasteiger partial charge in [-0.3, -0.25) is 13.9 Å². The molecule has 0 saturated carbocycles. The summed E-state index contributed by atoms with van der Waals surface area (Å²) in [5.74, 6) is -1.02. The van der Waals surface area contributed by atoms with Crippen molar-refractivity contribution in [3.8, 4) is 0 Å². The predicted molar refractivity (Wildman–Crippen MR) is 89.9 cm³/mol. The molecule has 0 aliphatic rings. The van der Waals surface area contributed by atoms with Crippen molar-refractivity contribution < 1.29 is 27.9 Å². The lowest BCUT2D eigenvalue weighted by atomic mass is 10.1. The Morgan fingerprint density at radius 2 is 1.75 bits per heavy atom. The number of esters is 1. The second-order valence-corrected chi connectivity index (χ2v) is 7.08. The number of ether oxygens (including phenoxy) is 1. The molecule has 0 atom stereocenters. The van der Waals surface area contributed by atoms with Crippen molar-refractivity contribution in [2.45, 2.75) is 6.92 Å². The largest absolute Gasteiger partial charge is 0.465 e. The lowest BCUT2D eigenvalue weighted by molar-refractivity contribution is -0.135. The summed E-state index contributed by atoms with van der Waals surface area (Å²) in [5.41, 5.74) is 1.20. The number of methoxy groups -OCH3 is 1. The number of rotatable bonds is 5. The number of aromatic nitrogens is 1. The van der Waals surface area contributed by atoms with Gasteiger partial charge in [0.25, 0.3) is 0 Å². The molecule has 0 bridgehead atoms. The molecular formula is C16H18NO6P. The highest BCUT2D eigenvalue weighted by molar-refractivity contribution is 7.60. The van der Waals surface area contributed by atoms with Gasteiger partial charge in [-0.2, -0.15) is 0 Å². The fraction of sp³-hybridized carbons (Fsp3) is 0.250. The van der Waals surface area contributed by atoms with Gasteiger partial charge in [-0.25, -0.2) is 4.79 Å². The van der Waals surface area contributed by atoms with Crippen LogP contribution in [0.2, 0.25) is 0 Å². The van der Waals surface area contributed by atoms with E-state index in [1.165, 1.54) is 38.9 Å². The molecular weight excluding hydrogens is 333 g/mol. The van der Waals surface area contributed by atoms with E-state index >= 15 is 0 Å². The van der Waals surface area contributed by atoms with Crippen LogP contribution in [0, 0.1) is 0 Å². The van der Waals surface area contributed by atoms with E-state index in [0.717, 1.165) is 0 Å². The lowest BCUT2D eigenvalue weighted by Gasteiger charge is -2.15. The van der Waals surface area contributed by atoms with E-state index in [4.69, 9.17) is 9.05 Å². The number of hydrogen-bond acceptors (Lipinski definition) is 6. The number of nitrogens with zero attached hydrogens (tertiary/aromatic N) is 1. The summed E-state index contributed by atoms with van der Waals surface area (Å²) in [6.07, 6.45) is 2.92. The third-order valence-electron chi connectivity index (χ3n) is 3.54. The third-order valence-corrected chi connectivity index (χ3v) is 5.41. The Labute approximate surface area is 139 Å². The lowest BCUT2D eigenvalue weighted by Crippen LogP contribution is -2.07. The monoisotopic (exact) mass is 351 g/mol. The summed E-state index contributed by atoms with van der Waals surface area (Å²) >= 11 is 0. The first-order chi connectivity index (χ1) is 11.4. The molecule has 2 rings (SSSR count). The first kappa shape index (κ1) is 18.1. The van der Waals surface area contributed by atoms with Crippen molar-refractivity contribution >= 4 is 36.5 Å². The Balaban J connectivity index is 2.75. The minimum Gasteiger partial charge on any atom is -0.465 e. The molecule has 0 radical (unpaired) electrons. The van der Waals surface area contributed by atoms with Crippen molar-refractivity contribution in [3.63, 3.8) is 0 Å². The first-order valence-corrected chi connectivity index (χ1v) is 8.55. The van der Waals surface area contributed by atoms with Gasteiger partial charge in [0.05, 0.1) is 12.6 Å². The number of hydrogen-bond donors (Lipinski definition) is 0. The molecule has 0 saturated heterocycles. The molecule has 128 valence electrons. The molecule has 7 nitrogen and oxygen atoms in total. The molecule has 8 heteroatoms. The van der Waals surface area contributed by atoms with Crippen LogP contribution in [0.3, 0.4) is 0 Å². The Hall–Kier alpha value is -2.21. The summed E-state index contributed by atoms with van der Waals surface area (Å²) in [7, 11) is -0.297. The van der Waals surface area contributed by atoms with Crippen LogP contribution in [-0.2, 0) is 23.1 Å². The van der Waals surface area contributed by atoms with Crippen LogP contribution in [0.15, 0.2) is 35.8 Å². The highest BCUT2D eigenvalue weighted by Crippen LogP contribution is 2.55. The van der Waals surface area contributed by atoms with E-state index in [2.05, 4.69) is 4.74 Å². The van der Waals surface area contributed by atoms with Gasteiger partial charge in [0.2, 0.25) is 5.91 Å². The molecule has 1 aromatic heterocycles. The molecule has 2 aromatic rings. The number of fused-ring (bicyclic) bond motifs is 1. The summed E-state index contributed by atoms with van der Waals surface area (Å²) in [5, 5.41) is 0.467. The fourth-order valence-electron chi connectivity index (χ4n) is 2.35. The van der Waals surface area contributed by atoms with Gasteiger partial charge < -0.3 is 13.8 Å². The molecule has 1 aromatic carbocycles. The number of carbonyl (C=O) groups is 2. The number of para-hydroxylation sites is 1. The standard InChI is InChI=1S/C16H18NO6P/c1-11(18)17-10-12(13-7-5-6-8-14(13)17)9-15(16(19)21-2)24(20,22-3)23-4/h5-10H,1-4H3/b15-9+. The maximum absolute atomic E-state index is 12.6. The van der Waals surface area contributed by atoms with Gasteiger partial charge in [-0.15, -0.1) is 0 Å². The molecule has 0 unspecified atom stereocenters. The molecule has 0 spiro atoms. The average Bonchev–Trinajstić information content (AvgIpc) is 2.97. The van der Waals surface area contributed by atoms with Gasteiger partial charge in [-0.05, 0) is 12.1 Å². The normalized spacial score (nSPS) is 12.4. The van der Waals surface area contributed by atoms with E-state index in [0.29, 0.717) is 16.5 Å². The molecule has 0 N–H and O–H groups in total. The Kier molecular flexibility index (Phi) is 5.39. The van der Waals surface area contributed by atoms with Crippen LogP contribution in [-0.4, -0.2) is 37.8 Å². The molecule has 0 fully saturated rings. The van der Waals surface area contributed by atoms with Gasteiger partial charge in [-0.1, -0.05) is 18.2 Å². The van der Waals surface area contributed by atoms with Crippen molar-refractivity contribution in [2.75, 3.05) is 21.3 Å². The Morgan fingerprint density at radius 1 is 1.12 bits per heavy atom. The number of carbonyl (C=O) groups excluding carboxylic acids is 2. The molecule has 0 amide bonds. The van der Waals surface area contributed by atoms with Crippen LogP contribution in [0.5, 0.6) is 0 Å². The van der Waals surface area contributed by atoms with Crippen molar-refractivity contribution in [1.29, 1.82) is 0 Å². The minimum absolute atomic E-state index is 0.188. The smallest absolute Gasteiger partial charge is 0.368 e. The topological polar surface area (TPSA) is 83.8 Å². The van der Waals surface area contributed by atoms with Crippen LogP contribution in [0.25, 0.3) is 17.0 Å². The Bertz CT molecular complexity index is 859. The second-order valence-electron chi connectivity index (χ2n) is 4.87.